The van der Waals surface area contributed by atoms with Crippen molar-refractivity contribution in [2.75, 3.05) is 52.3 Å². The molecule has 1 unspecified atom stereocenters. The van der Waals surface area contributed by atoms with Crippen molar-refractivity contribution in [1.82, 2.24) is 30.2 Å². The molecule has 0 spiro atoms. The van der Waals surface area contributed by atoms with Crippen molar-refractivity contribution in [2.45, 2.75) is 6.10 Å². The molecule has 0 saturated carbocycles. The van der Waals surface area contributed by atoms with E-state index in [4.69, 9.17) is 14.5 Å². The highest BCUT2D eigenvalue weighted by atomic mass is 16.5. The van der Waals surface area contributed by atoms with E-state index in [1.807, 2.05) is 62.8 Å². The van der Waals surface area contributed by atoms with Gasteiger partial charge in [-0.3, -0.25) is 9.97 Å². The Balaban J connectivity index is 1.40. The van der Waals surface area contributed by atoms with Crippen LogP contribution in [0.3, 0.4) is 0 Å². The SMILES string of the molecule is CN(C)CCOc1ccc(-c2cccc3cnc(Nc4cccnc4C4CNCCO4)nc23)nc1. The molecule has 0 bridgehead atoms. The largest absolute Gasteiger partial charge is 0.491 e. The van der Waals surface area contributed by atoms with Crippen LogP contribution < -0.4 is 15.4 Å². The molecule has 0 radical (unpaired) electrons. The maximum Gasteiger partial charge on any atom is 0.227 e. The monoisotopic (exact) mass is 471 g/mol. The predicted molar refractivity (Wildman–Crippen MR) is 136 cm³/mol. The summed E-state index contributed by atoms with van der Waals surface area (Å²) >= 11 is 0. The van der Waals surface area contributed by atoms with Crippen LogP contribution in [-0.2, 0) is 4.74 Å². The van der Waals surface area contributed by atoms with Crippen LogP contribution in [0, 0.1) is 0 Å². The van der Waals surface area contributed by atoms with E-state index in [2.05, 4.69) is 30.5 Å². The van der Waals surface area contributed by atoms with Gasteiger partial charge >= 0.3 is 0 Å². The lowest BCUT2D eigenvalue weighted by Gasteiger charge is -2.24. The molecule has 0 aliphatic carbocycles. The summed E-state index contributed by atoms with van der Waals surface area (Å²) in [7, 11) is 4.04. The highest BCUT2D eigenvalue weighted by Crippen LogP contribution is 2.29. The molecule has 35 heavy (non-hydrogen) atoms. The molecule has 9 nitrogen and oxygen atoms in total. The minimum absolute atomic E-state index is 0.119. The van der Waals surface area contributed by atoms with Crippen LogP contribution >= 0.6 is 0 Å². The van der Waals surface area contributed by atoms with Crippen molar-refractivity contribution in [1.29, 1.82) is 0 Å². The number of fused-ring (bicyclic) bond motifs is 1. The Morgan fingerprint density at radius 3 is 2.83 bits per heavy atom. The van der Waals surface area contributed by atoms with Crippen molar-refractivity contribution in [2.24, 2.45) is 0 Å². The predicted octanol–water partition coefficient (Wildman–Crippen LogP) is 3.43. The maximum absolute atomic E-state index is 5.91. The smallest absolute Gasteiger partial charge is 0.227 e. The topological polar surface area (TPSA) is 97.3 Å². The highest BCUT2D eigenvalue weighted by molar-refractivity contribution is 5.93. The minimum Gasteiger partial charge on any atom is -0.491 e. The van der Waals surface area contributed by atoms with E-state index >= 15 is 0 Å². The number of likely N-dealkylation sites (N-methyl/N-ethyl adjacent to an activating group) is 1. The average Bonchev–Trinajstić information content (AvgIpc) is 2.89. The summed E-state index contributed by atoms with van der Waals surface area (Å²) < 4.78 is 11.7. The fraction of sp³-hybridized carbons (Fsp3) is 0.308. The molecule has 180 valence electrons. The second kappa shape index (κ2) is 10.7. The van der Waals surface area contributed by atoms with E-state index in [0.29, 0.717) is 19.2 Å². The lowest BCUT2D eigenvalue weighted by atomic mass is 10.1. The normalized spacial score (nSPS) is 15.9. The molecular formula is C26H29N7O2. The molecule has 4 heterocycles. The lowest BCUT2D eigenvalue weighted by Crippen LogP contribution is -2.34. The summed E-state index contributed by atoms with van der Waals surface area (Å²) in [6.45, 7) is 3.68. The first kappa shape index (κ1) is 23.1. The number of hydrogen-bond donors (Lipinski definition) is 2. The Morgan fingerprint density at radius 2 is 2.03 bits per heavy atom. The second-order valence-corrected chi connectivity index (χ2v) is 8.59. The van der Waals surface area contributed by atoms with Crippen LogP contribution in [0.15, 0.2) is 61.1 Å². The minimum atomic E-state index is -0.119. The Labute approximate surface area is 204 Å². The van der Waals surface area contributed by atoms with Gasteiger partial charge in [0.2, 0.25) is 5.95 Å². The maximum atomic E-state index is 5.91. The van der Waals surface area contributed by atoms with E-state index in [9.17, 15) is 0 Å². The molecule has 0 amide bonds. The zero-order valence-electron chi connectivity index (χ0n) is 19.9. The van der Waals surface area contributed by atoms with E-state index in [1.165, 1.54) is 0 Å². The van der Waals surface area contributed by atoms with Crippen LogP contribution in [-0.4, -0.2) is 71.8 Å². The molecule has 5 rings (SSSR count). The van der Waals surface area contributed by atoms with Gasteiger partial charge in [0, 0.05) is 43.0 Å². The first-order valence-electron chi connectivity index (χ1n) is 11.7. The molecule has 1 aliphatic rings. The summed E-state index contributed by atoms with van der Waals surface area (Å²) in [4.78, 5) is 20.6. The van der Waals surface area contributed by atoms with E-state index in [-0.39, 0.29) is 6.10 Å². The van der Waals surface area contributed by atoms with Gasteiger partial charge in [0.05, 0.1) is 35.4 Å². The van der Waals surface area contributed by atoms with Crippen LogP contribution in [0.2, 0.25) is 0 Å². The number of benzene rings is 1. The average molecular weight is 472 g/mol. The van der Waals surface area contributed by atoms with Gasteiger partial charge in [0.15, 0.2) is 0 Å². The number of hydrogen-bond acceptors (Lipinski definition) is 9. The summed E-state index contributed by atoms with van der Waals surface area (Å²) in [5.74, 6) is 1.24. The number of pyridine rings is 2. The van der Waals surface area contributed by atoms with E-state index in [0.717, 1.165) is 58.9 Å². The van der Waals surface area contributed by atoms with Gasteiger partial charge in [-0.2, -0.15) is 0 Å². The summed E-state index contributed by atoms with van der Waals surface area (Å²) in [5.41, 5.74) is 4.24. The zero-order valence-corrected chi connectivity index (χ0v) is 19.9. The number of anilines is 2. The summed E-state index contributed by atoms with van der Waals surface area (Å²) in [6, 6.07) is 13.8. The Bertz CT molecular complexity index is 1270. The Kier molecular flexibility index (Phi) is 7.08. The number of morpholine rings is 1. The zero-order chi connectivity index (χ0) is 24.0. The van der Waals surface area contributed by atoms with Gasteiger partial charge in [0.25, 0.3) is 0 Å². The number of para-hydroxylation sites is 1. The molecule has 4 aromatic rings. The molecule has 1 aliphatic heterocycles. The Morgan fingerprint density at radius 1 is 1.09 bits per heavy atom. The van der Waals surface area contributed by atoms with Gasteiger partial charge in [-0.15, -0.1) is 0 Å². The Hall–Kier alpha value is -3.66. The third-order valence-corrected chi connectivity index (χ3v) is 5.75. The molecule has 2 N–H and O–H groups in total. The van der Waals surface area contributed by atoms with Crippen LogP contribution in [0.5, 0.6) is 5.75 Å². The number of aromatic nitrogens is 4. The molecule has 1 saturated heterocycles. The standard InChI is InChI=1S/C26H29N7O2/c1-33(2)12-14-34-19-8-9-21(29-16-19)20-6-3-5-18-15-30-26(32-24(18)20)31-22-7-4-10-28-25(22)23-17-27-11-13-35-23/h3-10,15-16,23,27H,11-14,17H2,1-2H3,(H,30,31,32). The third kappa shape index (κ3) is 5.54. The first-order valence-corrected chi connectivity index (χ1v) is 11.7. The van der Waals surface area contributed by atoms with Gasteiger partial charge < -0.3 is 25.0 Å². The molecule has 1 aromatic carbocycles. The van der Waals surface area contributed by atoms with Crippen molar-refractivity contribution in [3.05, 3.63) is 66.7 Å². The molecule has 1 atom stereocenters. The number of nitrogens with zero attached hydrogens (tertiary/aromatic N) is 5. The van der Waals surface area contributed by atoms with Gasteiger partial charge in [0.1, 0.15) is 18.5 Å². The van der Waals surface area contributed by atoms with Crippen LogP contribution in [0.4, 0.5) is 11.6 Å². The van der Waals surface area contributed by atoms with Crippen molar-refractivity contribution in [3.63, 3.8) is 0 Å². The van der Waals surface area contributed by atoms with Crippen molar-refractivity contribution >= 4 is 22.5 Å². The second-order valence-electron chi connectivity index (χ2n) is 8.59. The first-order chi connectivity index (χ1) is 17.2. The van der Waals surface area contributed by atoms with Gasteiger partial charge in [-0.1, -0.05) is 18.2 Å². The lowest BCUT2D eigenvalue weighted by molar-refractivity contribution is 0.0255. The van der Waals surface area contributed by atoms with E-state index < -0.39 is 0 Å². The molecule has 3 aromatic heterocycles. The third-order valence-electron chi connectivity index (χ3n) is 5.75. The molecular weight excluding hydrogens is 442 g/mol. The molecule has 1 fully saturated rings. The number of nitrogens with one attached hydrogen (secondary N) is 2. The van der Waals surface area contributed by atoms with Gasteiger partial charge in [-0.05, 0) is 38.4 Å². The molecule has 9 heteroatoms. The summed E-state index contributed by atoms with van der Waals surface area (Å²) in [6.07, 6.45) is 5.23. The van der Waals surface area contributed by atoms with Crippen molar-refractivity contribution < 1.29 is 9.47 Å². The summed E-state index contributed by atoms with van der Waals surface area (Å²) in [5, 5.41) is 7.63. The highest BCUT2D eigenvalue weighted by Gasteiger charge is 2.21. The quantitative estimate of drug-likeness (QED) is 0.400. The van der Waals surface area contributed by atoms with Crippen molar-refractivity contribution in [3.8, 4) is 17.0 Å². The number of rotatable bonds is 8. The van der Waals surface area contributed by atoms with Gasteiger partial charge in [-0.25, -0.2) is 9.97 Å². The van der Waals surface area contributed by atoms with E-state index in [1.54, 1.807) is 12.4 Å². The fourth-order valence-electron chi connectivity index (χ4n) is 3.94. The van der Waals surface area contributed by atoms with Crippen LogP contribution in [0.1, 0.15) is 11.8 Å². The number of ether oxygens (including phenoxy) is 2. The fourth-order valence-corrected chi connectivity index (χ4v) is 3.94. The van der Waals surface area contributed by atoms with Crippen LogP contribution in [0.25, 0.3) is 22.2 Å².